The van der Waals surface area contributed by atoms with Gasteiger partial charge in [0.2, 0.25) is 0 Å². The van der Waals surface area contributed by atoms with Crippen molar-refractivity contribution in [2.24, 2.45) is 0 Å². The standard InChI is InChI=1S/C25H46N.C8H18O/c1-4-5-6-7-8-9-10-11-12-13-14-15-16-20-23-26(2,3)24-25-21-18-17-19-22-25;1-3-5-7-9-8-6-4-2/h17-19,21-22H,4-16,20,23-24H2,1-3H3;3-8H2,1-2H3/q+1;. The van der Waals surface area contributed by atoms with Gasteiger partial charge in [-0.2, -0.15) is 0 Å². The molecule has 2 heteroatoms. The molecule has 0 saturated carbocycles. The van der Waals surface area contributed by atoms with Crippen LogP contribution in [0.5, 0.6) is 0 Å². The van der Waals surface area contributed by atoms with E-state index in [2.05, 4.69) is 65.2 Å². The Bertz CT molecular complexity index is 507. The van der Waals surface area contributed by atoms with Crippen molar-refractivity contribution in [2.75, 3.05) is 33.9 Å². The molecule has 0 unspecified atom stereocenters. The maximum Gasteiger partial charge on any atom is 0.104 e. The highest BCUT2D eigenvalue weighted by Gasteiger charge is 2.14. The summed E-state index contributed by atoms with van der Waals surface area (Å²) >= 11 is 0. The lowest BCUT2D eigenvalue weighted by molar-refractivity contribution is -0.903. The van der Waals surface area contributed by atoms with E-state index >= 15 is 0 Å². The van der Waals surface area contributed by atoms with Crippen molar-refractivity contribution < 1.29 is 9.22 Å². The lowest BCUT2D eigenvalue weighted by Gasteiger charge is -2.30. The summed E-state index contributed by atoms with van der Waals surface area (Å²) in [6.45, 7) is 11.0. The Labute approximate surface area is 221 Å². The molecule has 1 aromatic rings. The van der Waals surface area contributed by atoms with Crippen molar-refractivity contribution in [3.8, 4) is 0 Å². The average Bonchev–Trinajstić information content (AvgIpc) is 2.85. The first-order valence-corrected chi connectivity index (χ1v) is 15.5. The van der Waals surface area contributed by atoms with Gasteiger partial charge in [0.1, 0.15) is 6.54 Å². The van der Waals surface area contributed by atoms with E-state index in [0.29, 0.717) is 0 Å². The van der Waals surface area contributed by atoms with E-state index in [1.54, 1.807) is 0 Å². The molecule has 35 heavy (non-hydrogen) atoms. The number of ether oxygens (including phenoxy) is 1. The molecule has 0 amide bonds. The summed E-state index contributed by atoms with van der Waals surface area (Å²) in [6.07, 6.45) is 25.1. The van der Waals surface area contributed by atoms with Gasteiger partial charge in [-0.1, -0.05) is 141 Å². The van der Waals surface area contributed by atoms with Crippen molar-refractivity contribution >= 4 is 0 Å². The Morgan fingerprint density at radius 3 is 1.34 bits per heavy atom. The van der Waals surface area contributed by atoms with Gasteiger partial charge >= 0.3 is 0 Å². The van der Waals surface area contributed by atoms with E-state index in [9.17, 15) is 0 Å². The van der Waals surface area contributed by atoms with E-state index in [1.165, 1.54) is 128 Å². The van der Waals surface area contributed by atoms with Crippen molar-refractivity contribution in [1.82, 2.24) is 0 Å². The molecule has 0 bridgehead atoms. The molecule has 0 atom stereocenters. The molecule has 1 rings (SSSR count). The number of rotatable bonds is 23. The summed E-state index contributed by atoms with van der Waals surface area (Å²) in [7, 11) is 4.74. The van der Waals surface area contributed by atoms with Crippen LogP contribution in [0.3, 0.4) is 0 Å². The van der Waals surface area contributed by atoms with Crippen LogP contribution in [0.4, 0.5) is 0 Å². The Hall–Kier alpha value is -0.860. The zero-order valence-electron chi connectivity index (χ0n) is 24.8. The van der Waals surface area contributed by atoms with E-state index in [0.717, 1.165) is 24.2 Å². The average molecular weight is 491 g/mol. The largest absolute Gasteiger partial charge is 0.381 e. The lowest BCUT2D eigenvalue weighted by atomic mass is 10.0. The quantitative estimate of drug-likeness (QED) is 0.109. The fraction of sp³-hybridized carbons (Fsp3) is 0.818. The van der Waals surface area contributed by atoms with Gasteiger partial charge in [-0.25, -0.2) is 0 Å². The van der Waals surface area contributed by atoms with Gasteiger partial charge in [0.05, 0.1) is 20.6 Å². The summed E-state index contributed by atoms with van der Waals surface area (Å²) < 4.78 is 6.43. The molecule has 0 aliphatic rings. The predicted octanol–water partition coefficient (Wildman–Crippen LogP) is 10.3. The second-order valence-electron chi connectivity index (χ2n) is 11.2. The van der Waals surface area contributed by atoms with Crippen LogP contribution in [0.25, 0.3) is 0 Å². The topological polar surface area (TPSA) is 9.23 Å². The third kappa shape index (κ3) is 26.0. The summed E-state index contributed by atoms with van der Waals surface area (Å²) in [5.41, 5.74) is 1.46. The molecular formula is C33H64NO+. The van der Waals surface area contributed by atoms with Crippen LogP contribution >= 0.6 is 0 Å². The zero-order chi connectivity index (χ0) is 25.9. The highest BCUT2D eigenvalue weighted by atomic mass is 16.5. The molecule has 0 heterocycles. The third-order valence-electron chi connectivity index (χ3n) is 6.85. The molecule has 0 N–H and O–H groups in total. The zero-order valence-corrected chi connectivity index (χ0v) is 24.8. The number of benzene rings is 1. The normalized spacial score (nSPS) is 11.3. The minimum Gasteiger partial charge on any atom is -0.381 e. The number of hydrogen-bond donors (Lipinski definition) is 0. The fourth-order valence-electron chi connectivity index (χ4n) is 4.49. The molecule has 0 saturated heterocycles. The second kappa shape index (κ2) is 26.2. The van der Waals surface area contributed by atoms with E-state index < -0.39 is 0 Å². The van der Waals surface area contributed by atoms with Gasteiger partial charge in [-0.05, 0) is 25.7 Å². The van der Waals surface area contributed by atoms with Gasteiger partial charge in [-0.15, -0.1) is 0 Å². The molecule has 2 nitrogen and oxygen atoms in total. The van der Waals surface area contributed by atoms with Crippen LogP contribution in [-0.4, -0.2) is 38.3 Å². The summed E-state index contributed by atoms with van der Waals surface area (Å²) in [6, 6.07) is 10.9. The molecule has 206 valence electrons. The molecule has 1 aromatic carbocycles. The monoisotopic (exact) mass is 490 g/mol. The van der Waals surface area contributed by atoms with Crippen LogP contribution in [-0.2, 0) is 11.3 Å². The van der Waals surface area contributed by atoms with E-state index in [1.807, 2.05) is 0 Å². The SMILES string of the molecule is CCCCCCCCCCCCCCCC[N+](C)(C)Cc1ccccc1.CCCCOCCCC. The minimum atomic E-state index is 0.955. The fourth-order valence-corrected chi connectivity index (χ4v) is 4.49. The van der Waals surface area contributed by atoms with Crippen LogP contribution in [0, 0.1) is 0 Å². The number of quaternary nitrogens is 1. The van der Waals surface area contributed by atoms with Gasteiger partial charge < -0.3 is 9.22 Å². The second-order valence-corrected chi connectivity index (χ2v) is 11.2. The smallest absolute Gasteiger partial charge is 0.104 e. The first-order chi connectivity index (χ1) is 17.1. The Morgan fingerprint density at radius 1 is 0.514 bits per heavy atom. The highest BCUT2D eigenvalue weighted by Crippen LogP contribution is 2.15. The number of unbranched alkanes of at least 4 members (excludes halogenated alkanes) is 15. The van der Waals surface area contributed by atoms with Gasteiger partial charge in [0.25, 0.3) is 0 Å². The molecule has 0 radical (unpaired) electrons. The molecule has 0 aliphatic carbocycles. The van der Waals surface area contributed by atoms with E-state index in [-0.39, 0.29) is 0 Å². The van der Waals surface area contributed by atoms with Crippen LogP contribution in [0.2, 0.25) is 0 Å². The molecule has 0 aliphatic heterocycles. The van der Waals surface area contributed by atoms with Crippen LogP contribution < -0.4 is 0 Å². The summed E-state index contributed by atoms with van der Waals surface area (Å²) in [5.74, 6) is 0. The maximum absolute atomic E-state index is 5.31. The summed E-state index contributed by atoms with van der Waals surface area (Å²) in [4.78, 5) is 0. The molecule has 0 aromatic heterocycles. The van der Waals surface area contributed by atoms with Gasteiger partial charge in [0.15, 0.2) is 0 Å². The van der Waals surface area contributed by atoms with Crippen molar-refractivity contribution in [3.63, 3.8) is 0 Å². The van der Waals surface area contributed by atoms with Crippen LogP contribution in [0.1, 0.15) is 142 Å². The number of hydrogen-bond acceptors (Lipinski definition) is 1. The lowest BCUT2D eigenvalue weighted by Crippen LogP contribution is -2.39. The van der Waals surface area contributed by atoms with E-state index in [4.69, 9.17) is 4.74 Å². The molecular weight excluding hydrogens is 426 g/mol. The van der Waals surface area contributed by atoms with Crippen LogP contribution in [0.15, 0.2) is 30.3 Å². The third-order valence-corrected chi connectivity index (χ3v) is 6.85. The van der Waals surface area contributed by atoms with Gasteiger partial charge in [-0.3, -0.25) is 0 Å². The Balaban J connectivity index is 0.00000109. The summed E-state index contributed by atoms with van der Waals surface area (Å²) in [5, 5.41) is 0. The number of nitrogens with zero attached hydrogens (tertiary/aromatic N) is 1. The minimum absolute atomic E-state index is 0.955. The first-order valence-electron chi connectivity index (χ1n) is 15.5. The molecule has 0 fully saturated rings. The highest BCUT2D eigenvalue weighted by molar-refractivity contribution is 5.13. The maximum atomic E-state index is 5.31. The van der Waals surface area contributed by atoms with Gasteiger partial charge in [0, 0.05) is 18.8 Å². The Morgan fingerprint density at radius 2 is 0.914 bits per heavy atom. The van der Waals surface area contributed by atoms with Crippen molar-refractivity contribution in [2.45, 2.75) is 143 Å². The predicted molar refractivity (Wildman–Crippen MR) is 158 cm³/mol. The van der Waals surface area contributed by atoms with Crippen molar-refractivity contribution in [3.05, 3.63) is 35.9 Å². The Kier molecular flexibility index (Phi) is 25.6. The molecule has 0 spiro atoms. The van der Waals surface area contributed by atoms with Crippen molar-refractivity contribution in [1.29, 1.82) is 0 Å². The first kappa shape index (κ1) is 34.1.